The highest BCUT2D eigenvalue weighted by Gasteiger charge is 2.14. The lowest BCUT2D eigenvalue weighted by Gasteiger charge is -2.25. The normalized spacial score (nSPS) is 11.1. The van der Waals surface area contributed by atoms with Crippen LogP contribution in [-0.4, -0.2) is 7.11 Å². The van der Waals surface area contributed by atoms with Crippen LogP contribution in [0, 0.1) is 0 Å². The van der Waals surface area contributed by atoms with Crippen LogP contribution in [0.15, 0.2) is 125 Å². The van der Waals surface area contributed by atoms with E-state index in [4.69, 9.17) is 10.5 Å². The monoisotopic (exact) mass is 444 g/mol. The van der Waals surface area contributed by atoms with Crippen molar-refractivity contribution in [3.05, 3.63) is 115 Å². The molecule has 34 heavy (non-hydrogen) atoms. The molecule has 0 spiro atoms. The number of nitrogens with two attached hydrogens (primary N) is 1. The maximum absolute atomic E-state index is 6.45. The Morgan fingerprint density at radius 1 is 0.647 bits per heavy atom. The second kappa shape index (κ2) is 9.46. The number of para-hydroxylation sites is 2. The van der Waals surface area contributed by atoms with Crippen LogP contribution in [0.4, 0.5) is 34.1 Å². The summed E-state index contributed by atoms with van der Waals surface area (Å²) in [4.78, 5) is 2.16. The van der Waals surface area contributed by atoms with Gasteiger partial charge >= 0.3 is 0 Å². The van der Waals surface area contributed by atoms with Crippen LogP contribution in [0.25, 0.3) is 10.8 Å². The molecule has 0 bridgehead atoms. The van der Waals surface area contributed by atoms with Gasteiger partial charge in [0.15, 0.2) is 0 Å². The molecule has 0 aliphatic heterocycles. The average Bonchev–Trinajstić information content (AvgIpc) is 2.89. The van der Waals surface area contributed by atoms with Crippen molar-refractivity contribution in [3.8, 4) is 5.75 Å². The van der Waals surface area contributed by atoms with Crippen molar-refractivity contribution in [2.75, 3.05) is 17.7 Å². The van der Waals surface area contributed by atoms with E-state index in [1.54, 1.807) is 7.11 Å². The summed E-state index contributed by atoms with van der Waals surface area (Å²) < 4.78 is 5.53. The number of azo groups is 1. The summed E-state index contributed by atoms with van der Waals surface area (Å²) in [5.41, 5.74) is 11.3. The molecule has 0 radical (unpaired) electrons. The first-order valence-electron chi connectivity index (χ1n) is 11.0. The van der Waals surface area contributed by atoms with E-state index in [0.29, 0.717) is 22.8 Å². The Labute approximate surface area is 198 Å². The number of ether oxygens (including phenoxy) is 1. The number of anilines is 4. The Morgan fingerprint density at radius 3 is 1.94 bits per heavy atom. The Morgan fingerprint density at radius 2 is 1.29 bits per heavy atom. The van der Waals surface area contributed by atoms with Gasteiger partial charge in [0.2, 0.25) is 0 Å². The molecular weight excluding hydrogens is 420 g/mol. The van der Waals surface area contributed by atoms with Crippen LogP contribution in [0.3, 0.4) is 0 Å². The highest BCUT2D eigenvalue weighted by Crippen LogP contribution is 2.40. The molecule has 0 saturated heterocycles. The summed E-state index contributed by atoms with van der Waals surface area (Å²) in [5.74, 6) is 0.664. The van der Waals surface area contributed by atoms with E-state index in [0.717, 1.165) is 27.8 Å². The number of nitrogen functional groups attached to an aromatic ring is 1. The number of methoxy groups -OCH3 is 1. The van der Waals surface area contributed by atoms with Gasteiger partial charge in [0.25, 0.3) is 0 Å². The number of hydrogen-bond acceptors (Lipinski definition) is 5. The van der Waals surface area contributed by atoms with E-state index < -0.39 is 0 Å². The lowest BCUT2D eigenvalue weighted by molar-refractivity contribution is 0.416. The molecule has 0 fully saturated rings. The minimum atomic E-state index is 0.539. The van der Waals surface area contributed by atoms with Crippen LogP contribution in [0.2, 0.25) is 0 Å². The first kappa shape index (κ1) is 21.2. The molecule has 0 unspecified atom stereocenters. The lowest BCUT2D eigenvalue weighted by Crippen LogP contribution is -2.09. The summed E-state index contributed by atoms with van der Waals surface area (Å²) in [6.07, 6.45) is 0. The molecule has 5 rings (SSSR count). The first-order chi connectivity index (χ1) is 16.7. The SMILES string of the molecule is COc1ccc2ccccc2c1N=Nc1ccc(N(c2ccccc2)c2ccccc2)cc1N. The van der Waals surface area contributed by atoms with Gasteiger partial charge < -0.3 is 15.4 Å². The molecule has 0 saturated carbocycles. The number of nitrogens with zero attached hydrogens (tertiary/aromatic N) is 3. The van der Waals surface area contributed by atoms with Crippen molar-refractivity contribution in [3.63, 3.8) is 0 Å². The smallest absolute Gasteiger partial charge is 0.147 e. The molecule has 0 aliphatic carbocycles. The van der Waals surface area contributed by atoms with Crippen LogP contribution < -0.4 is 15.4 Å². The summed E-state index contributed by atoms with van der Waals surface area (Å²) in [6.45, 7) is 0. The molecule has 0 aliphatic rings. The second-order valence-electron chi connectivity index (χ2n) is 7.79. The molecule has 0 amide bonds. The van der Waals surface area contributed by atoms with Crippen molar-refractivity contribution < 1.29 is 4.74 Å². The number of hydrogen-bond donors (Lipinski definition) is 1. The third kappa shape index (κ3) is 4.19. The van der Waals surface area contributed by atoms with Crippen LogP contribution >= 0.6 is 0 Å². The van der Waals surface area contributed by atoms with Crippen molar-refractivity contribution in [1.82, 2.24) is 0 Å². The zero-order valence-corrected chi connectivity index (χ0v) is 18.8. The van der Waals surface area contributed by atoms with Gasteiger partial charge in [-0.15, -0.1) is 10.2 Å². The Hall–Kier alpha value is -4.64. The maximum atomic E-state index is 6.45. The van der Waals surface area contributed by atoms with E-state index in [1.165, 1.54) is 0 Å². The summed E-state index contributed by atoms with van der Waals surface area (Å²) in [7, 11) is 1.63. The Bertz CT molecular complexity index is 1410. The van der Waals surface area contributed by atoms with Crippen molar-refractivity contribution in [1.29, 1.82) is 0 Å². The Kier molecular flexibility index (Phi) is 5.91. The van der Waals surface area contributed by atoms with Gasteiger partial charge in [0.05, 0.1) is 12.8 Å². The highest BCUT2D eigenvalue weighted by molar-refractivity contribution is 5.95. The molecule has 0 aromatic heterocycles. The zero-order chi connectivity index (χ0) is 23.3. The molecule has 2 N–H and O–H groups in total. The van der Waals surface area contributed by atoms with Crippen molar-refractivity contribution in [2.24, 2.45) is 10.2 Å². The number of fused-ring (bicyclic) bond motifs is 1. The molecule has 5 aromatic carbocycles. The Balaban J connectivity index is 1.53. The molecule has 5 aromatic rings. The van der Waals surface area contributed by atoms with Crippen molar-refractivity contribution in [2.45, 2.75) is 0 Å². The van der Waals surface area contributed by atoms with E-state index in [-0.39, 0.29) is 0 Å². The number of rotatable bonds is 6. The van der Waals surface area contributed by atoms with Crippen LogP contribution in [0.1, 0.15) is 0 Å². The quantitative estimate of drug-likeness (QED) is 0.211. The third-order valence-corrected chi connectivity index (χ3v) is 5.64. The van der Waals surface area contributed by atoms with Gasteiger partial charge in [-0.25, -0.2) is 0 Å². The fraction of sp³-hybridized carbons (Fsp3) is 0.0345. The molecular formula is C29H24N4O. The summed E-state index contributed by atoms with van der Waals surface area (Å²) >= 11 is 0. The summed E-state index contributed by atoms with van der Waals surface area (Å²) in [5, 5.41) is 11.1. The summed E-state index contributed by atoms with van der Waals surface area (Å²) in [6, 6.07) is 38.2. The van der Waals surface area contributed by atoms with Gasteiger partial charge in [-0.2, -0.15) is 0 Å². The van der Waals surface area contributed by atoms with Crippen LogP contribution in [-0.2, 0) is 0 Å². The topological polar surface area (TPSA) is 63.2 Å². The minimum Gasteiger partial charge on any atom is -0.494 e. The minimum absolute atomic E-state index is 0.539. The first-order valence-corrected chi connectivity index (χ1v) is 11.0. The van der Waals surface area contributed by atoms with Crippen molar-refractivity contribution >= 4 is 44.9 Å². The lowest BCUT2D eigenvalue weighted by atomic mass is 10.1. The van der Waals surface area contributed by atoms with Gasteiger partial charge in [-0.05, 0) is 53.9 Å². The predicted molar refractivity (Wildman–Crippen MR) is 140 cm³/mol. The van der Waals surface area contributed by atoms with E-state index in [2.05, 4.69) is 39.4 Å². The van der Waals surface area contributed by atoms with E-state index >= 15 is 0 Å². The van der Waals surface area contributed by atoms with E-state index in [1.807, 2.05) is 91.0 Å². The zero-order valence-electron chi connectivity index (χ0n) is 18.8. The van der Waals surface area contributed by atoms with Gasteiger partial charge in [-0.3, -0.25) is 0 Å². The maximum Gasteiger partial charge on any atom is 0.147 e. The third-order valence-electron chi connectivity index (χ3n) is 5.64. The fourth-order valence-electron chi connectivity index (χ4n) is 3.98. The highest BCUT2D eigenvalue weighted by atomic mass is 16.5. The van der Waals surface area contributed by atoms with E-state index in [9.17, 15) is 0 Å². The fourth-order valence-corrected chi connectivity index (χ4v) is 3.98. The molecule has 0 heterocycles. The predicted octanol–water partition coefficient (Wildman–Crippen LogP) is 8.32. The molecule has 0 atom stereocenters. The van der Waals surface area contributed by atoms with Crippen LogP contribution in [0.5, 0.6) is 5.75 Å². The molecule has 5 nitrogen and oxygen atoms in total. The molecule has 5 heteroatoms. The van der Waals surface area contributed by atoms with Gasteiger partial charge in [0, 0.05) is 22.4 Å². The number of benzene rings is 5. The van der Waals surface area contributed by atoms with Gasteiger partial charge in [-0.1, -0.05) is 66.7 Å². The van der Waals surface area contributed by atoms with Gasteiger partial charge in [0.1, 0.15) is 17.1 Å². The average molecular weight is 445 g/mol. The molecule has 166 valence electrons. The standard InChI is InChI=1S/C29H24N4O/c1-34-28-19-16-21-10-8-9-15-25(21)29(28)32-31-27-18-17-24(20-26(27)30)33(22-11-4-2-5-12-22)23-13-6-3-7-14-23/h2-20H,30H2,1H3. The second-order valence-corrected chi connectivity index (χ2v) is 7.79. The largest absolute Gasteiger partial charge is 0.494 e.